The van der Waals surface area contributed by atoms with Gasteiger partial charge in [-0.3, -0.25) is 4.79 Å². The minimum absolute atomic E-state index is 0.00231. The van der Waals surface area contributed by atoms with E-state index in [1.807, 2.05) is 0 Å². The summed E-state index contributed by atoms with van der Waals surface area (Å²) in [6, 6.07) is 1.79. The number of hydrogen-bond acceptors (Lipinski definition) is 4. The third-order valence-corrected chi connectivity index (χ3v) is 3.84. The minimum Gasteiger partial charge on any atom is -0.478 e. The molecule has 2 aromatic heterocycles. The van der Waals surface area contributed by atoms with Gasteiger partial charge in [-0.05, 0) is 18.6 Å². The van der Waals surface area contributed by atoms with Crippen LogP contribution in [0.1, 0.15) is 16.8 Å². The lowest BCUT2D eigenvalue weighted by Crippen LogP contribution is -2.30. The molecule has 0 bridgehead atoms. The van der Waals surface area contributed by atoms with E-state index in [1.54, 1.807) is 17.2 Å². The van der Waals surface area contributed by atoms with E-state index in [2.05, 4.69) is 21.9 Å². The molecule has 114 valence electrons. The molecule has 3 N–H and O–H groups in total. The lowest BCUT2D eigenvalue weighted by Gasteiger charge is -2.18. The Morgan fingerprint density at radius 3 is 3.09 bits per heavy atom. The number of anilines is 1. The zero-order valence-corrected chi connectivity index (χ0v) is 11.9. The number of aromatic nitrogens is 2. The second-order valence-electron chi connectivity index (χ2n) is 5.21. The molecule has 0 spiro atoms. The Balaban J connectivity index is 1.89. The van der Waals surface area contributed by atoms with Gasteiger partial charge in [0.25, 0.3) is 0 Å². The maximum Gasteiger partial charge on any atom is 0.339 e. The van der Waals surface area contributed by atoms with Gasteiger partial charge in [-0.1, -0.05) is 6.58 Å². The van der Waals surface area contributed by atoms with Crippen LogP contribution in [0.25, 0.3) is 11.0 Å². The Hall–Kier alpha value is -2.83. The molecule has 1 amide bonds. The third-order valence-electron chi connectivity index (χ3n) is 3.84. The molecule has 7 nitrogen and oxygen atoms in total. The summed E-state index contributed by atoms with van der Waals surface area (Å²) >= 11 is 0. The van der Waals surface area contributed by atoms with Crippen molar-refractivity contribution in [3.63, 3.8) is 0 Å². The molecule has 0 radical (unpaired) electrons. The number of aromatic carboxylic acids is 1. The average Bonchev–Trinajstić information content (AvgIpc) is 3.15. The number of carbonyl (C=O) groups is 2. The van der Waals surface area contributed by atoms with Crippen molar-refractivity contribution in [1.82, 2.24) is 14.9 Å². The number of nitrogens with zero attached hydrogens (tertiary/aromatic N) is 2. The number of pyridine rings is 1. The summed E-state index contributed by atoms with van der Waals surface area (Å²) in [7, 11) is 0. The predicted octanol–water partition coefficient (Wildman–Crippen LogP) is 1.46. The van der Waals surface area contributed by atoms with E-state index in [0.717, 1.165) is 11.8 Å². The Morgan fingerprint density at radius 1 is 1.55 bits per heavy atom. The number of likely N-dealkylation sites (tertiary alicyclic amines) is 1. The predicted molar refractivity (Wildman–Crippen MR) is 81.9 cm³/mol. The minimum atomic E-state index is -1.03. The van der Waals surface area contributed by atoms with Crippen molar-refractivity contribution in [2.75, 3.05) is 18.4 Å². The summed E-state index contributed by atoms with van der Waals surface area (Å²) in [5, 5.41) is 13.3. The SMILES string of the molecule is C=CC(=O)N1CCC(Nc2c(C(=O)O)cnc3[nH]ccc23)C1. The average molecular weight is 300 g/mol. The van der Waals surface area contributed by atoms with Crippen molar-refractivity contribution in [3.8, 4) is 0 Å². The van der Waals surface area contributed by atoms with Crippen LogP contribution < -0.4 is 5.32 Å². The van der Waals surface area contributed by atoms with E-state index in [0.29, 0.717) is 24.4 Å². The monoisotopic (exact) mass is 300 g/mol. The topological polar surface area (TPSA) is 98.3 Å². The normalized spacial score (nSPS) is 17.6. The maximum atomic E-state index is 11.6. The van der Waals surface area contributed by atoms with E-state index in [9.17, 15) is 14.7 Å². The van der Waals surface area contributed by atoms with Gasteiger partial charge in [0.15, 0.2) is 0 Å². The van der Waals surface area contributed by atoms with Crippen LogP contribution in [-0.2, 0) is 4.79 Å². The van der Waals surface area contributed by atoms with E-state index in [-0.39, 0.29) is 17.5 Å². The number of nitrogens with one attached hydrogen (secondary N) is 2. The van der Waals surface area contributed by atoms with Crippen LogP contribution in [0.4, 0.5) is 5.69 Å². The zero-order chi connectivity index (χ0) is 15.7. The molecule has 7 heteroatoms. The number of aromatic amines is 1. The van der Waals surface area contributed by atoms with Gasteiger partial charge in [0.2, 0.25) is 5.91 Å². The summed E-state index contributed by atoms with van der Waals surface area (Å²) < 4.78 is 0. The summed E-state index contributed by atoms with van der Waals surface area (Å²) in [6.07, 6.45) is 5.11. The lowest BCUT2D eigenvalue weighted by molar-refractivity contribution is -0.125. The maximum absolute atomic E-state index is 11.6. The molecule has 1 saturated heterocycles. The fraction of sp³-hybridized carbons (Fsp3) is 0.267. The highest BCUT2D eigenvalue weighted by atomic mass is 16.4. The molecular formula is C15H16N4O3. The summed E-state index contributed by atoms with van der Waals surface area (Å²) in [6.45, 7) is 4.64. The van der Waals surface area contributed by atoms with Crippen LogP contribution in [0.15, 0.2) is 31.1 Å². The van der Waals surface area contributed by atoms with Crippen LogP contribution in [0.5, 0.6) is 0 Å². The van der Waals surface area contributed by atoms with Crippen molar-refractivity contribution < 1.29 is 14.7 Å². The fourth-order valence-corrected chi connectivity index (χ4v) is 2.74. The van der Waals surface area contributed by atoms with E-state index >= 15 is 0 Å². The largest absolute Gasteiger partial charge is 0.478 e. The first-order chi connectivity index (χ1) is 10.6. The van der Waals surface area contributed by atoms with Crippen LogP contribution >= 0.6 is 0 Å². The van der Waals surface area contributed by atoms with Crippen molar-refractivity contribution in [3.05, 3.63) is 36.7 Å². The Labute approximate surface area is 126 Å². The molecule has 1 fully saturated rings. The van der Waals surface area contributed by atoms with Gasteiger partial charge in [-0.25, -0.2) is 9.78 Å². The Bertz CT molecular complexity index is 752. The molecule has 0 aromatic carbocycles. The Morgan fingerprint density at radius 2 is 2.36 bits per heavy atom. The highest BCUT2D eigenvalue weighted by molar-refractivity contribution is 6.03. The molecule has 3 heterocycles. The molecular weight excluding hydrogens is 284 g/mol. The highest BCUT2D eigenvalue weighted by Gasteiger charge is 2.26. The number of fused-ring (bicyclic) bond motifs is 1. The van der Waals surface area contributed by atoms with Gasteiger partial charge >= 0.3 is 5.97 Å². The van der Waals surface area contributed by atoms with E-state index in [4.69, 9.17) is 0 Å². The molecule has 1 unspecified atom stereocenters. The fourth-order valence-electron chi connectivity index (χ4n) is 2.74. The smallest absolute Gasteiger partial charge is 0.339 e. The number of carboxylic acids is 1. The molecule has 2 aromatic rings. The standard InChI is InChI=1S/C15H16N4O3/c1-2-12(20)19-6-4-9(8-19)18-13-10-3-5-16-14(10)17-7-11(13)15(21)22/h2-3,5,7,9H,1,4,6,8H2,(H,21,22)(H2,16,17,18). The summed E-state index contributed by atoms with van der Waals surface area (Å²) in [5.41, 5.74) is 1.29. The highest BCUT2D eigenvalue weighted by Crippen LogP contribution is 2.27. The van der Waals surface area contributed by atoms with Gasteiger partial charge in [-0.15, -0.1) is 0 Å². The summed E-state index contributed by atoms with van der Waals surface area (Å²) in [4.78, 5) is 31.8. The third kappa shape index (κ3) is 2.41. The van der Waals surface area contributed by atoms with Crippen molar-refractivity contribution in [2.24, 2.45) is 0 Å². The first-order valence-corrected chi connectivity index (χ1v) is 6.97. The molecule has 3 rings (SSSR count). The first kappa shape index (κ1) is 14.1. The second kappa shape index (κ2) is 5.51. The van der Waals surface area contributed by atoms with Gasteiger partial charge in [0, 0.05) is 36.9 Å². The number of rotatable bonds is 4. The number of carboxylic acid groups (broad SMARTS) is 1. The van der Waals surface area contributed by atoms with E-state index < -0.39 is 5.97 Å². The van der Waals surface area contributed by atoms with Gasteiger partial charge in [-0.2, -0.15) is 0 Å². The number of H-pyrrole nitrogens is 1. The molecule has 1 aliphatic heterocycles. The van der Waals surface area contributed by atoms with Crippen LogP contribution in [0.2, 0.25) is 0 Å². The number of hydrogen-bond donors (Lipinski definition) is 3. The summed E-state index contributed by atoms with van der Waals surface area (Å²) in [5.74, 6) is -1.14. The molecule has 1 aliphatic rings. The van der Waals surface area contributed by atoms with Crippen LogP contribution in [-0.4, -0.2) is 51.0 Å². The molecule has 22 heavy (non-hydrogen) atoms. The molecule has 0 aliphatic carbocycles. The second-order valence-corrected chi connectivity index (χ2v) is 5.21. The molecule has 0 saturated carbocycles. The molecule has 1 atom stereocenters. The Kier molecular flexibility index (Phi) is 3.54. The van der Waals surface area contributed by atoms with Crippen molar-refractivity contribution in [1.29, 1.82) is 0 Å². The van der Waals surface area contributed by atoms with Crippen molar-refractivity contribution in [2.45, 2.75) is 12.5 Å². The van der Waals surface area contributed by atoms with Gasteiger partial charge in [0.05, 0.1) is 5.69 Å². The lowest BCUT2D eigenvalue weighted by atomic mass is 10.1. The quantitative estimate of drug-likeness (QED) is 0.743. The van der Waals surface area contributed by atoms with Gasteiger partial charge in [0.1, 0.15) is 11.2 Å². The van der Waals surface area contributed by atoms with Gasteiger partial charge < -0.3 is 20.3 Å². The zero-order valence-electron chi connectivity index (χ0n) is 11.9. The van der Waals surface area contributed by atoms with E-state index in [1.165, 1.54) is 12.3 Å². The number of carbonyl (C=O) groups excluding carboxylic acids is 1. The number of amides is 1. The first-order valence-electron chi connectivity index (χ1n) is 6.97. The van der Waals surface area contributed by atoms with Crippen LogP contribution in [0.3, 0.4) is 0 Å². The van der Waals surface area contributed by atoms with Crippen molar-refractivity contribution >= 4 is 28.6 Å². The van der Waals surface area contributed by atoms with Crippen LogP contribution in [0, 0.1) is 0 Å².